The molecule has 0 saturated carbocycles. The Kier molecular flexibility index (Phi) is 7.37. The van der Waals surface area contributed by atoms with Gasteiger partial charge in [-0.3, -0.25) is 13.9 Å². The Labute approximate surface area is 270 Å². The van der Waals surface area contributed by atoms with Crippen molar-refractivity contribution in [2.45, 2.75) is 70.6 Å². The van der Waals surface area contributed by atoms with Gasteiger partial charge in [0, 0.05) is 17.5 Å². The average Bonchev–Trinajstić information content (AvgIpc) is 3.81. The zero-order valence-corrected chi connectivity index (χ0v) is 26.6. The molecule has 46 heavy (non-hydrogen) atoms. The number of amides is 2. The van der Waals surface area contributed by atoms with Crippen LogP contribution in [0, 0.1) is 11.8 Å². The first kappa shape index (κ1) is 30.3. The molecule has 5 atom stereocenters. The van der Waals surface area contributed by atoms with Crippen LogP contribution in [-0.2, 0) is 28.0 Å². The smallest absolute Gasteiger partial charge is 0.249 e. The van der Waals surface area contributed by atoms with E-state index in [1.54, 1.807) is 18.2 Å². The summed E-state index contributed by atoms with van der Waals surface area (Å²) in [5.74, 6) is -0.304. The predicted molar refractivity (Wildman–Crippen MR) is 169 cm³/mol. The van der Waals surface area contributed by atoms with Crippen molar-refractivity contribution in [2.75, 3.05) is 4.31 Å². The first-order valence-electron chi connectivity index (χ1n) is 15.3. The van der Waals surface area contributed by atoms with Crippen LogP contribution >= 0.6 is 12.8 Å². The Hall–Kier alpha value is -4.33. The molecule has 5 heterocycles. The molecule has 0 aliphatic carbocycles. The van der Waals surface area contributed by atoms with Crippen molar-refractivity contribution in [3.05, 3.63) is 82.8 Å². The molecule has 2 aromatic heterocycles. The Balaban J connectivity index is 1.50. The van der Waals surface area contributed by atoms with E-state index in [-0.39, 0.29) is 36.6 Å². The molecule has 240 valence electrons. The number of carbonyl (C=O) groups excluding carboxylic acids is 2. The molecule has 0 fully saturated rings. The van der Waals surface area contributed by atoms with Gasteiger partial charge in [-0.05, 0) is 29.5 Å². The molecule has 4 N–H and O–H groups in total. The summed E-state index contributed by atoms with van der Waals surface area (Å²) in [6.07, 6.45) is -0.476. The van der Waals surface area contributed by atoms with Gasteiger partial charge in [0.25, 0.3) is 0 Å². The van der Waals surface area contributed by atoms with E-state index in [0.717, 1.165) is 22.4 Å². The van der Waals surface area contributed by atoms with Gasteiger partial charge >= 0.3 is 0 Å². The Morgan fingerprint density at radius 1 is 1.17 bits per heavy atom. The summed E-state index contributed by atoms with van der Waals surface area (Å²) in [6.45, 7) is 6.98. The van der Waals surface area contributed by atoms with Crippen LogP contribution in [0.1, 0.15) is 67.8 Å². The van der Waals surface area contributed by atoms with E-state index in [2.05, 4.69) is 15.6 Å². The first-order valence-corrected chi connectivity index (χ1v) is 15.7. The largest absolute Gasteiger partial charge is 0.467 e. The van der Waals surface area contributed by atoms with Crippen LogP contribution in [0.15, 0.2) is 57.6 Å². The van der Waals surface area contributed by atoms with E-state index < -0.39 is 41.6 Å². The number of para-hydroxylation sites is 1. The van der Waals surface area contributed by atoms with Crippen LogP contribution in [0.5, 0.6) is 5.75 Å². The van der Waals surface area contributed by atoms with E-state index in [4.69, 9.17) is 31.4 Å². The van der Waals surface area contributed by atoms with Gasteiger partial charge in [0.2, 0.25) is 29.8 Å². The van der Waals surface area contributed by atoms with Crippen LogP contribution in [0.4, 0.5) is 5.69 Å². The Bertz CT molecular complexity index is 1840. The molecule has 4 aromatic rings. The average molecular weight is 646 g/mol. The number of benzene rings is 2. The number of fused-ring (bicyclic) bond motifs is 4. The molecule has 1 spiro atoms. The predicted octanol–water partition coefficient (Wildman–Crippen LogP) is 3.41. The molecule has 13 heteroatoms. The number of aliphatic hydroxyl groups is 2. The van der Waals surface area contributed by atoms with Crippen LogP contribution in [0.2, 0.25) is 0 Å². The summed E-state index contributed by atoms with van der Waals surface area (Å²) in [7, 11) is 0. The minimum atomic E-state index is -1.29. The summed E-state index contributed by atoms with van der Waals surface area (Å²) in [5, 5.41) is 26.1. The third-order valence-electron chi connectivity index (χ3n) is 9.00. The van der Waals surface area contributed by atoms with Crippen molar-refractivity contribution >= 4 is 30.3 Å². The molecule has 3 unspecified atom stereocenters. The summed E-state index contributed by atoms with van der Waals surface area (Å²) in [4.78, 5) is 36.4. The van der Waals surface area contributed by atoms with Gasteiger partial charge in [0.1, 0.15) is 41.3 Å². The maximum atomic E-state index is 13.9. The normalized spacial score (nSPS) is 23.7. The standard InChI is InChI=1S/C33H35N5O7S/c1-15(2)24-31-37-25(30-34-18(13-39)14-43-30)27(45-31)33-19-7-5-6-8-22(19)38(46)32(33)44-23-10-9-17(11-20(23)33)12-21(28(41)36-24)35-29(42)26(40)16(3)4/h5-11,14-16,21,24,26,32,39-40,46H,12-13H2,1-4H3,(H,35,42)(H,36,41)/t21-,24?,26-,32?,33?/m0/s1. The number of aliphatic hydroxyl groups excluding tert-OH is 2. The van der Waals surface area contributed by atoms with Gasteiger partial charge in [-0.2, -0.15) is 0 Å². The van der Waals surface area contributed by atoms with Gasteiger partial charge in [-0.1, -0.05) is 70.8 Å². The SMILES string of the molecule is CC(C)C1NC(=O)[C@@H](NC(=O)[C@@H](O)C(C)C)Cc2ccc3c(c2)C2(c4ccccc4N(S)C2O3)c2oc1nc2-c1nc(CO)co1. The van der Waals surface area contributed by atoms with Crippen LogP contribution in [-0.4, -0.2) is 50.4 Å². The van der Waals surface area contributed by atoms with Crippen molar-refractivity contribution in [1.82, 2.24) is 20.6 Å². The molecule has 4 bridgehead atoms. The number of hydrogen-bond donors (Lipinski definition) is 5. The maximum absolute atomic E-state index is 13.9. The lowest BCUT2D eigenvalue weighted by atomic mass is 9.72. The minimum Gasteiger partial charge on any atom is -0.467 e. The maximum Gasteiger partial charge on any atom is 0.249 e. The molecule has 3 aliphatic heterocycles. The topological polar surface area (TPSA) is 163 Å². The third-order valence-corrected chi connectivity index (χ3v) is 9.42. The van der Waals surface area contributed by atoms with Gasteiger partial charge in [-0.15, -0.1) is 0 Å². The highest BCUT2D eigenvalue weighted by Gasteiger charge is 2.63. The Morgan fingerprint density at radius 3 is 2.67 bits per heavy atom. The molecule has 12 nitrogen and oxygen atoms in total. The number of rotatable bonds is 6. The summed E-state index contributed by atoms with van der Waals surface area (Å²) in [5.41, 5.74) is 2.69. The molecule has 2 amide bonds. The highest BCUT2D eigenvalue weighted by molar-refractivity contribution is 7.81. The fourth-order valence-corrected chi connectivity index (χ4v) is 7.00. The second kappa shape index (κ2) is 11.2. The second-order valence-corrected chi connectivity index (χ2v) is 13.1. The van der Waals surface area contributed by atoms with E-state index in [1.165, 1.54) is 6.26 Å². The fourth-order valence-electron chi connectivity index (χ4n) is 6.60. The van der Waals surface area contributed by atoms with E-state index >= 15 is 0 Å². The fraction of sp³-hybridized carbons (Fsp3) is 0.394. The van der Waals surface area contributed by atoms with Gasteiger partial charge in [0.15, 0.2) is 11.5 Å². The van der Waals surface area contributed by atoms with Crippen molar-refractivity contribution < 1.29 is 33.4 Å². The van der Waals surface area contributed by atoms with Gasteiger partial charge < -0.3 is 34.4 Å². The summed E-state index contributed by atoms with van der Waals surface area (Å²) < 4.78 is 21.0. The number of nitrogens with zero attached hydrogens (tertiary/aromatic N) is 3. The number of hydrogen-bond acceptors (Lipinski definition) is 11. The van der Waals surface area contributed by atoms with E-state index in [0.29, 0.717) is 22.9 Å². The van der Waals surface area contributed by atoms with Gasteiger partial charge in [0.05, 0.1) is 12.3 Å². The molecule has 3 aliphatic rings. The third kappa shape index (κ3) is 4.51. The monoisotopic (exact) mass is 645 g/mol. The zero-order valence-electron chi connectivity index (χ0n) is 25.7. The minimum absolute atomic E-state index is 0.137. The molecular formula is C33H35N5O7S. The van der Waals surface area contributed by atoms with Gasteiger partial charge in [-0.25, -0.2) is 9.97 Å². The van der Waals surface area contributed by atoms with Crippen molar-refractivity contribution in [2.24, 2.45) is 11.8 Å². The van der Waals surface area contributed by atoms with E-state index in [1.807, 2.05) is 56.3 Å². The number of carbonyl (C=O) groups is 2. The van der Waals surface area contributed by atoms with Crippen molar-refractivity contribution in [3.63, 3.8) is 0 Å². The first-order chi connectivity index (χ1) is 22.0. The number of nitrogens with one attached hydrogen (secondary N) is 2. The second-order valence-electron chi connectivity index (χ2n) is 12.7. The Morgan fingerprint density at radius 2 is 1.96 bits per heavy atom. The lowest BCUT2D eigenvalue weighted by Crippen LogP contribution is -2.52. The van der Waals surface area contributed by atoms with E-state index in [9.17, 15) is 19.8 Å². The number of thiol groups is 1. The molecular weight excluding hydrogens is 610 g/mol. The molecule has 0 saturated heterocycles. The van der Waals surface area contributed by atoms with Crippen LogP contribution < -0.4 is 19.7 Å². The zero-order chi connectivity index (χ0) is 32.5. The number of aromatic nitrogens is 2. The van der Waals surface area contributed by atoms with Crippen LogP contribution in [0.3, 0.4) is 0 Å². The lowest BCUT2D eigenvalue weighted by Gasteiger charge is -2.30. The highest BCUT2D eigenvalue weighted by Crippen LogP contribution is 2.61. The number of ether oxygens (including phenoxy) is 1. The number of oxazole rings is 2. The molecule has 2 aromatic carbocycles. The summed E-state index contributed by atoms with van der Waals surface area (Å²) in [6, 6.07) is 11.7. The lowest BCUT2D eigenvalue weighted by molar-refractivity contribution is -0.135. The quantitative estimate of drug-likeness (QED) is 0.197. The molecule has 7 rings (SSSR count). The molecule has 0 radical (unpaired) electrons. The summed E-state index contributed by atoms with van der Waals surface area (Å²) >= 11 is 4.90. The highest BCUT2D eigenvalue weighted by atomic mass is 32.1. The number of anilines is 1. The van der Waals surface area contributed by atoms with Crippen molar-refractivity contribution in [1.29, 1.82) is 0 Å². The van der Waals surface area contributed by atoms with Crippen LogP contribution in [0.25, 0.3) is 11.6 Å². The van der Waals surface area contributed by atoms with Crippen molar-refractivity contribution in [3.8, 4) is 17.3 Å².